The Balaban J connectivity index is 1.56. The average molecular weight is 372 g/mol. The van der Waals surface area contributed by atoms with Crippen LogP contribution in [0.15, 0.2) is 48.5 Å². The number of imide groups is 1. The molecule has 0 unspecified atom stereocenters. The van der Waals surface area contributed by atoms with Gasteiger partial charge in [0.25, 0.3) is 5.91 Å². The van der Waals surface area contributed by atoms with Crippen LogP contribution in [0.2, 0.25) is 0 Å². The first-order chi connectivity index (χ1) is 13.6. The minimum atomic E-state index is -0.447. The monoisotopic (exact) mass is 372 g/mol. The van der Waals surface area contributed by atoms with Gasteiger partial charge in [-0.15, -0.1) is 0 Å². The largest absolute Gasteiger partial charge is 0.274 e. The minimum absolute atomic E-state index is 0.118. The lowest BCUT2D eigenvalue weighted by atomic mass is 9.89. The SMILES string of the molecule is Cc1ccc([C@H]2[C@@H]3C(=O)N(c4ccc(C#N)cc4)C(=O)[C@H]3N3CCCN23)cc1. The van der Waals surface area contributed by atoms with E-state index in [1.807, 2.05) is 6.92 Å². The van der Waals surface area contributed by atoms with E-state index >= 15 is 0 Å². The molecule has 3 saturated heterocycles. The molecule has 3 aliphatic heterocycles. The molecule has 0 saturated carbocycles. The fraction of sp³-hybridized carbons (Fsp3) is 0.318. The molecule has 0 bridgehead atoms. The number of hydrogen-bond donors (Lipinski definition) is 0. The maximum Gasteiger partial charge on any atom is 0.253 e. The Morgan fingerprint density at radius 3 is 2.18 bits per heavy atom. The van der Waals surface area contributed by atoms with Crippen molar-refractivity contribution in [2.24, 2.45) is 5.92 Å². The predicted molar refractivity (Wildman–Crippen MR) is 103 cm³/mol. The standard InChI is InChI=1S/C22H20N4O2/c1-14-3-7-16(8-4-14)19-18-20(25-12-2-11-24(19)25)22(28)26(21(18)27)17-9-5-15(13-23)6-10-17/h3-10,18-20H,2,11-12H2,1H3/t18-,19-,20-/m0/s1. The van der Waals surface area contributed by atoms with Crippen LogP contribution in [0.4, 0.5) is 5.69 Å². The Morgan fingerprint density at radius 2 is 1.54 bits per heavy atom. The lowest BCUT2D eigenvalue weighted by molar-refractivity contribution is -0.126. The fourth-order valence-electron chi connectivity index (χ4n) is 4.82. The molecule has 0 N–H and O–H groups in total. The maximum absolute atomic E-state index is 13.4. The van der Waals surface area contributed by atoms with Gasteiger partial charge >= 0.3 is 0 Å². The summed E-state index contributed by atoms with van der Waals surface area (Å²) in [7, 11) is 0. The molecule has 2 aromatic carbocycles. The number of nitrogens with zero attached hydrogens (tertiary/aromatic N) is 4. The number of anilines is 1. The Labute approximate surface area is 163 Å². The molecule has 0 spiro atoms. The molecule has 28 heavy (non-hydrogen) atoms. The molecule has 3 heterocycles. The summed E-state index contributed by atoms with van der Waals surface area (Å²) in [6.07, 6.45) is 0.990. The van der Waals surface area contributed by atoms with Crippen molar-refractivity contribution in [3.63, 3.8) is 0 Å². The van der Waals surface area contributed by atoms with Gasteiger partial charge in [-0.1, -0.05) is 29.8 Å². The number of hydrazine groups is 1. The highest BCUT2D eigenvalue weighted by atomic mass is 16.2. The maximum atomic E-state index is 13.4. The van der Waals surface area contributed by atoms with Crippen LogP contribution in [0, 0.1) is 24.2 Å². The van der Waals surface area contributed by atoms with Crippen LogP contribution >= 0.6 is 0 Å². The van der Waals surface area contributed by atoms with Crippen LogP contribution in [0.5, 0.6) is 0 Å². The number of amides is 2. The van der Waals surface area contributed by atoms with Crippen molar-refractivity contribution in [1.29, 1.82) is 5.26 Å². The van der Waals surface area contributed by atoms with E-state index in [4.69, 9.17) is 5.26 Å². The summed E-state index contributed by atoms with van der Waals surface area (Å²) in [4.78, 5) is 28.0. The molecule has 3 atom stereocenters. The average Bonchev–Trinajstić information content (AvgIpc) is 3.35. The number of aryl methyl sites for hydroxylation is 1. The van der Waals surface area contributed by atoms with Crippen LogP contribution in [-0.2, 0) is 9.59 Å². The second-order valence-corrected chi connectivity index (χ2v) is 7.68. The Kier molecular flexibility index (Phi) is 3.83. The number of carbonyl (C=O) groups is 2. The fourth-order valence-corrected chi connectivity index (χ4v) is 4.82. The highest BCUT2D eigenvalue weighted by molar-refractivity contribution is 6.24. The second-order valence-electron chi connectivity index (χ2n) is 7.68. The lowest BCUT2D eigenvalue weighted by Crippen LogP contribution is -2.44. The zero-order chi connectivity index (χ0) is 19.4. The van der Waals surface area contributed by atoms with E-state index in [-0.39, 0.29) is 17.9 Å². The van der Waals surface area contributed by atoms with E-state index in [0.29, 0.717) is 11.3 Å². The summed E-state index contributed by atoms with van der Waals surface area (Å²) in [6.45, 7) is 3.70. The van der Waals surface area contributed by atoms with E-state index in [0.717, 1.165) is 25.1 Å². The van der Waals surface area contributed by atoms with Crippen LogP contribution in [0.3, 0.4) is 0 Å². The molecule has 0 aliphatic carbocycles. The molecule has 6 nitrogen and oxygen atoms in total. The van der Waals surface area contributed by atoms with Crippen molar-refractivity contribution >= 4 is 17.5 Å². The zero-order valence-corrected chi connectivity index (χ0v) is 15.6. The van der Waals surface area contributed by atoms with Crippen molar-refractivity contribution < 1.29 is 9.59 Å². The van der Waals surface area contributed by atoms with Crippen LogP contribution in [0.25, 0.3) is 0 Å². The predicted octanol–water partition coefficient (Wildman–Crippen LogP) is 2.40. The van der Waals surface area contributed by atoms with Gasteiger partial charge in [-0.3, -0.25) is 9.59 Å². The lowest BCUT2D eigenvalue weighted by Gasteiger charge is -2.29. The van der Waals surface area contributed by atoms with Crippen LogP contribution < -0.4 is 4.90 Å². The number of benzene rings is 2. The second kappa shape index (κ2) is 6.26. The van der Waals surface area contributed by atoms with Gasteiger partial charge in [0.15, 0.2) is 0 Å². The van der Waals surface area contributed by atoms with Crippen molar-refractivity contribution in [3.05, 3.63) is 65.2 Å². The molecule has 3 aliphatic rings. The van der Waals surface area contributed by atoms with Crippen LogP contribution in [0.1, 0.15) is 29.2 Å². The van der Waals surface area contributed by atoms with E-state index in [2.05, 4.69) is 40.4 Å². The highest BCUT2D eigenvalue weighted by Crippen LogP contribution is 2.48. The molecule has 2 aromatic rings. The summed E-state index contributed by atoms with van der Waals surface area (Å²) in [5, 5.41) is 13.3. The topological polar surface area (TPSA) is 67.6 Å². The zero-order valence-electron chi connectivity index (χ0n) is 15.6. The van der Waals surface area contributed by atoms with Gasteiger partial charge in [-0.25, -0.2) is 14.9 Å². The molecule has 0 aromatic heterocycles. The smallest absolute Gasteiger partial charge is 0.253 e. The van der Waals surface area contributed by atoms with E-state index in [1.54, 1.807) is 24.3 Å². The first kappa shape index (κ1) is 17.1. The molecule has 5 rings (SSSR count). The van der Waals surface area contributed by atoms with Gasteiger partial charge in [0.2, 0.25) is 5.91 Å². The number of fused-ring (bicyclic) bond motifs is 3. The minimum Gasteiger partial charge on any atom is -0.274 e. The third kappa shape index (κ3) is 2.34. The van der Waals surface area contributed by atoms with Gasteiger partial charge < -0.3 is 0 Å². The number of hydrogen-bond acceptors (Lipinski definition) is 5. The molecule has 2 amide bonds. The van der Waals surface area contributed by atoms with Gasteiger partial charge in [-0.2, -0.15) is 5.26 Å². The summed E-state index contributed by atoms with van der Waals surface area (Å²) >= 11 is 0. The Bertz CT molecular complexity index is 993. The summed E-state index contributed by atoms with van der Waals surface area (Å²) in [5.41, 5.74) is 3.29. The summed E-state index contributed by atoms with van der Waals surface area (Å²) < 4.78 is 0. The van der Waals surface area contributed by atoms with Crippen molar-refractivity contribution in [2.75, 3.05) is 18.0 Å². The number of rotatable bonds is 2. The van der Waals surface area contributed by atoms with Gasteiger partial charge in [0.05, 0.1) is 29.3 Å². The Hall–Kier alpha value is -3.01. The number of carbonyl (C=O) groups excluding carboxylic acids is 2. The normalized spacial score (nSPS) is 27.1. The molecule has 140 valence electrons. The van der Waals surface area contributed by atoms with Gasteiger partial charge in [-0.05, 0) is 43.2 Å². The highest BCUT2D eigenvalue weighted by Gasteiger charge is 2.62. The van der Waals surface area contributed by atoms with Gasteiger partial charge in [0.1, 0.15) is 6.04 Å². The third-order valence-corrected chi connectivity index (χ3v) is 6.08. The third-order valence-electron chi connectivity index (χ3n) is 6.08. The van der Waals surface area contributed by atoms with Crippen LogP contribution in [-0.4, -0.2) is 41.0 Å². The molecule has 6 heteroatoms. The Morgan fingerprint density at radius 1 is 0.893 bits per heavy atom. The first-order valence-electron chi connectivity index (χ1n) is 9.58. The first-order valence-corrected chi connectivity index (χ1v) is 9.58. The summed E-state index contributed by atoms with van der Waals surface area (Å²) in [5.74, 6) is -0.730. The van der Waals surface area contributed by atoms with E-state index in [1.165, 1.54) is 10.5 Å². The quantitative estimate of drug-likeness (QED) is 0.758. The van der Waals surface area contributed by atoms with E-state index < -0.39 is 12.0 Å². The van der Waals surface area contributed by atoms with Crippen molar-refractivity contribution in [1.82, 2.24) is 10.0 Å². The van der Waals surface area contributed by atoms with Gasteiger partial charge in [0, 0.05) is 13.1 Å². The summed E-state index contributed by atoms with van der Waals surface area (Å²) in [6, 6.07) is 16.4. The van der Waals surface area contributed by atoms with Crippen molar-refractivity contribution in [2.45, 2.75) is 25.4 Å². The number of nitriles is 1. The molecule has 0 radical (unpaired) electrons. The molecular formula is C22H20N4O2. The van der Waals surface area contributed by atoms with Crippen molar-refractivity contribution in [3.8, 4) is 6.07 Å². The molecule has 3 fully saturated rings. The van der Waals surface area contributed by atoms with E-state index in [9.17, 15) is 9.59 Å². The molecular weight excluding hydrogens is 352 g/mol.